The molecule has 12 heteroatoms. The maximum Gasteiger partial charge on any atom is 0.306 e. The molecular weight excluding hydrogens is 709 g/mol. The number of carbonyl (C=O) groups excluding carboxylic acids is 2. The Labute approximate surface area is 327 Å². The molecule has 6 rings (SSSR count). The molecule has 12 nitrogen and oxygen atoms in total. The Bertz CT molecular complexity index is 2100. The molecule has 0 spiro atoms. The van der Waals surface area contributed by atoms with Crippen LogP contribution in [0.2, 0.25) is 0 Å². The summed E-state index contributed by atoms with van der Waals surface area (Å²) in [5.41, 5.74) is 6.45. The van der Waals surface area contributed by atoms with E-state index in [-0.39, 0.29) is 47.1 Å². The van der Waals surface area contributed by atoms with Crippen molar-refractivity contribution in [1.82, 2.24) is 30.0 Å². The standard InChI is InChI=1S/C44H52N6O6/c1-43(2,3)31-25-29(27-37(41(31)53)49-45-33-15-9-10-16-34(33)46-49)19-21-39(51)55-23-13-7-8-14-24-56-40(52)22-20-30-26-32(44(4,5)6)42(54)38(28-30)50-47-35-17-11-12-18-36(35)48-50/h9-12,15-18,25-28,53-54H,7-8,13-14,19-24H2,1-6H3. The number of hydrogen-bond acceptors (Lipinski definition) is 10. The maximum absolute atomic E-state index is 12.6. The number of unbranched alkanes of at least 4 members (excludes halogenated alkanes) is 3. The SMILES string of the molecule is CC(C)(C)c1cc(CCC(=O)OCCCCCCOC(=O)CCc2cc(-n3nc4ccccc4n3)c(O)c(C(C)(C)C)c2)cc(-n2nc3ccccc3n2)c1O. The lowest BCUT2D eigenvalue weighted by molar-refractivity contribution is -0.145. The third-order valence-electron chi connectivity index (χ3n) is 9.72. The van der Waals surface area contributed by atoms with E-state index in [0.29, 0.717) is 37.4 Å². The Hall–Kier alpha value is -5.78. The van der Waals surface area contributed by atoms with Crippen LogP contribution in [-0.4, -0.2) is 65.4 Å². The third kappa shape index (κ3) is 9.71. The van der Waals surface area contributed by atoms with Crippen molar-refractivity contribution in [2.24, 2.45) is 0 Å². The number of fused-ring (bicyclic) bond motifs is 2. The number of rotatable bonds is 15. The minimum Gasteiger partial charge on any atom is -0.505 e. The highest BCUT2D eigenvalue weighted by molar-refractivity contribution is 5.75. The Morgan fingerprint density at radius 3 is 1.21 bits per heavy atom. The van der Waals surface area contributed by atoms with Crippen molar-refractivity contribution in [3.05, 3.63) is 95.1 Å². The molecule has 0 bridgehead atoms. The number of nitrogens with zero attached hydrogens (tertiary/aromatic N) is 6. The van der Waals surface area contributed by atoms with Crippen LogP contribution in [0.1, 0.15) is 102 Å². The molecule has 0 aliphatic rings. The van der Waals surface area contributed by atoms with E-state index in [9.17, 15) is 19.8 Å². The van der Waals surface area contributed by atoms with Crippen molar-refractivity contribution in [2.45, 2.75) is 104 Å². The third-order valence-corrected chi connectivity index (χ3v) is 9.72. The fraction of sp³-hybridized carbons (Fsp3) is 0.409. The van der Waals surface area contributed by atoms with Crippen LogP contribution in [0.15, 0.2) is 72.8 Å². The molecule has 0 saturated heterocycles. The van der Waals surface area contributed by atoms with Gasteiger partial charge < -0.3 is 19.7 Å². The van der Waals surface area contributed by atoms with Gasteiger partial charge >= 0.3 is 11.9 Å². The molecule has 0 radical (unpaired) electrons. The molecule has 2 aromatic heterocycles. The highest BCUT2D eigenvalue weighted by atomic mass is 16.5. The van der Waals surface area contributed by atoms with Gasteiger partial charge in [0.25, 0.3) is 0 Å². The van der Waals surface area contributed by atoms with Crippen LogP contribution in [0.3, 0.4) is 0 Å². The summed E-state index contributed by atoms with van der Waals surface area (Å²) in [7, 11) is 0. The highest BCUT2D eigenvalue weighted by Gasteiger charge is 2.25. The van der Waals surface area contributed by atoms with Crippen molar-refractivity contribution >= 4 is 34.0 Å². The molecule has 0 aliphatic heterocycles. The molecule has 4 aromatic carbocycles. The van der Waals surface area contributed by atoms with E-state index in [0.717, 1.165) is 70.0 Å². The zero-order valence-corrected chi connectivity index (χ0v) is 33.2. The van der Waals surface area contributed by atoms with Crippen molar-refractivity contribution in [3.63, 3.8) is 0 Å². The zero-order valence-electron chi connectivity index (χ0n) is 33.2. The first-order valence-electron chi connectivity index (χ1n) is 19.4. The Balaban J connectivity index is 0.915. The van der Waals surface area contributed by atoms with E-state index in [2.05, 4.69) is 20.4 Å². The van der Waals surface area contributed by atoms with Crippen LogP contribution in [0.4, 0.5) is 0 Å². The lowest BCUT2D eigenvalue weighted by Crippen LogP contribution is -2.14. The van der Waals surface area contributed by atoms with E-state index >= 15 is 0 Å². The summed E-state index contributed by atoms with van der Waals surface area (Å²) in [6, 6.07) is 22.6. The normalized spacial score (nSPS) is 12.0. The topological polar surface area (TPSA) is 154 Å². The number of carbonyl (C=O) groups is 2. The van der Waals surface area contributed by atoms with Gasteiger partial charge in [-0.05, 0) is 96.9 Å². The van der Waals surface area contributed by atoms with Crippen LogP contribution >= 0.6 is 0 Å². The second-order valence-electron chi connectivity index (χ2n) is 16.3. The Morgan fingerprint density at radius 1 is 0.554 bits per heavy atom. The van der Waals surface area contributed by atoms with E-state index in [4.69, 9.17) is 9.47 Å². The van der Waals surface area contributed by atoms with Crippen LogP contribution in [0.25, 0.3) is 33.4 Å². The van der Waals surface area contributed by atoms with Gasteiger partial charge in [-0.2, -0.15) is 0 Å². The summed E-state index contributed by atoms with van der Waals surface area (Å²) in [5.74, 6) is -0.317. The molecule has 0 unspecified atom stereocenters. The molecular formula is C44H52N6O6. The van der Waals surface area contributed by atoms with Gasteiger partial charge in [0.05, 0.1) is 13.2 Å². The van der Waals surface area contributed by atoms with Gasteiger partial charge in [-0.25, -0.2) is 0 Å². The largest absolute Gasteiger partial charge is 0.505 e. The molecule has 2 N–H and O–H groups in total. The summed E-state index contributed by atoms with van der Waals surface area (Å²) in [6.07, 6.45) is 4.43. The number of ether oxygens (including phenoxy) is 2. The highest BCUT2D eigenvalue weighted by Crippen LogP contribution is 2.38. The first-order valence-corrected chi connectivity index (χ1v) is 19.4. The number of aromatic hydroxyl groups is 2. The van der Waals surface area contributed by atoms with E-state index in [1.165, 1.54) is 9.59 Å². The first kappa shape index (κ1) is 39.9. The van der Waals surface area contributed by atoms with Gasteiger partial charge in [-0.3, -0.25) is 9.59 Å². The first-order chi connectivity index (χ1) is 26.7. The van der Waals surface area contributed by atoms with Crippen LogP contribution in [0.5, 0.6) is 11.5 Å². The monoisotopic (exact) mass is 760 g/mol. The maximum atomic E-state index is 12.6. The minimum absolute atomic E-state index is 0.120. The fourth-order valence-electron chi connectivity index (χ4n) is 6.59. The van der Waals surface area contributed by atoms with Gasteiger partial charge in [0.15, 0.2) is 0 Å². The second-order valence-corrected chi connectivity index (χ2v) is 16.3. The van der Waals surface area contributed by atoms with Crippen molar-refractivity contribution in [3.8, 4) is 22.9 Å². The number of aryl methyl sites for hydroxylation is 2. The fourth-order valence-corrected chi connectivity index (χ4v) is 6.59. The molecule has 2 heterocycles. The number of aromatic nitrogens is 6. The molecule has 294 valence electrons. The summed E-state index contributed by atoms with van der Waals surface area (Å²) in [6.45, 7) is 12.8. The van der Waals surface area contributed by atoms with Crippen LogP contribution in [0, 0.1) is 0 Å². The quantitative estimate of drug-likeness (QED) is 0.0771. The predicted octanol–water partition coefficient (Wildman–Crippen LogP) is 8.37. The number of phenolic OH excluding ortho intramolecular Hbond substituents is 2. The number of benzene rings is 4. The summed E-state index contributed by atoms with van der Waals surface area (Å²) >= 11 is 0. The summed E-state index contributed by atoms with van der Waals surface area (Å²) in [4.78, 5) is 28.2. The average molecular weight is 761 g/mol. The number of phenols is 2. The van der Waals surface area contributed by atoms with Gasteiger partial charge in [0.1, 0.15) is 44.9 Å². The van der Waals surface area contributed by atoms with Gasteiger partial charge in [-0.15, -0.1) is 30.0 Å². The summed E-state index contributed by atoms with van der Waals surface area (Å²) in [5, 5.41) is 40.6. The van der Waals surface area contributed by atoms with E-state index < -0.39 is 0 Å². The Morgan fingerprint density at radius 2 is 0.893 bits per heavy atom. The van der Waals surface area contributed by atoms with E-state index in [1.54, 1.807) is 0 Å². The van der Waals surface area contributed by atoms with Crippen molar-refractivity contribution in [1.29, 1.82) is 0 Å². The van der Waals surface area contributed by atoms with Crippen LogP contribution in [-0.2, 0) is 42.7 Å². The van der Waals surface area contributed by atoms with Crippen LogP contribution < -0.4 is 0 Å². The molecule has 6 aromatic rings. The number of hydrogen-bond donors (Lipinski definition) is 2. The molecule has 0 saturated carbocycles. The summed E-state index contributed by atoms with van der Waals surface area (Å²) < 4.78 is 11.0. The van der Waals surface area contributed by atoms with E-state index in [1.807, 2.05) is 114 Å². The predicted molar refractivity (Wildman–Crippen MR) is 215 cm³/mol. The Kier molecular flexibility index (Phi) is 12.1. The van der Waals surface area contributed by atoms with Gasteiger partial charge in [0, 0.05) is 24.0 Å². The molecule has 0 amide bonds. The molecule has 0 atom stereocenters. The van der Waals surface area contributed by atoms with Gasteiger partial charge in [-0.1, -0.05) is 77.9 Å². The second kappa shape index (κ2) is 16.9. The molecule has 56 heavy (non-hydrogen) atoms. The molecule has 0 fully saturated rings. The lowest BCUT2D eigenvalue weighted by Gasteiger charge is -2.23. The van der Waals surface area contributed by atoms with Gasteiger partial charge in [0.2, 0.25) is 0 Å². The minimum atomic E-state index is -0.342. The molecule has 0 aliphatic carbocycles. The number of esters is 2. The lowest BCUT2D eigenvalue weighted by atomic mass is 9.84. The zero-order chi connectivity index (χ0) is 40.0. The smallest absolute Gasteiger partial charge is 0.306 e. The average Bonchev–Trinajstić information content (AvgIpc) is 3.79. The van der Waals surface area contributed by atoms with Crippen molar-refractivity contribution in [2.75, 3.05) is 13.2 Å². The van der Waals surface area contributed by atoms with Crippen molar-refractivity contribution < 1.29 is 29.3 Å².